The summed E-state index contributed by atoms with van der Waals surface area (Å²) in [6.07, 6.45) is 1.66. The first-order chi connectivity index (χ1) is 6.87. The largest absolute Gasteiger partial charge is 0.443 e. The third-order valence-corrected chi connectivity index (χ3v) is 2.51. The third kappa shape index (κ3) is 2.25. The zero-order valence-corrected chi connectivity index (χ0v) is 9.78. The van der Waals surface area contributed by atoms with Gasteiger partial charge in [0.15, 0.2) is 0 Å². The molecule has 4 heteroatoms. The van der Waals surface area contributed by atoms with Crippen LogP contribution in [0.2, 0.25) is 0 Å². The fourth-order valence-electron chi connectivity index (χ4n) is 1.71. The van der Waals surface area contributed by atoms with Crippen molar-refractivity contribution in [1.82, 2.24) is 9.80 Å². The fraction of sp³-hybridized carbons (Fsp3) is 0.727. The Bertz CT molecular complexity index is 317. The number of amides is 1. The van der Waals surface area contributed by atoms with E-state index in [2.05, 4.69) is 4.90 Å². The minimum Gasteiger partial charge on any atom is -0.443 e. The first-order valence-corrected chi connectivity index (χ1v) is 5.34. The SMILES string of the molecule is CC1CN2CC2=CN1C(=O)OC(C)(C)C. The molecular formula is C11H18N2O2. The van der Waals surface area contributed by atoms with Gasteiger partial charge in [-0.3, -0.25) is 4.90 Å². The second-order valence-electron chi connectivity index (χ2n) is 5.24. The predicted octanol–water partition coefficient (Wildman–Crippen LogP) is 1.78. The topological polar surface area (TPSA) is 32.5 Å². The van der Waals surface area contributed by atoms with Crippen LogP contribution in [-0.4, -0.2) is 40.6 Å². The Morgan fingerprint density at radius 2 is 2.20 bits per heavy atom. The monoisotopic (exact) mass is 210 g/mol. The molecule has 1 fully saturated rings. The van der Waals surface area contributed by atoms with E-state index in [1.165, 1.54) is 5.70 Å². The molecule has 1 amide bonds. The fourth-order valence-corrected chi connectivity index (χ4v) is 1.71. The van der Waals surface area contributed by atoms with Gasteiger partial charge in [0.2, 0.25) is 0 Å². The maximum absolute atomic E-state index is 11.8. The van der Waals surface area contributed by atoms with Crippen LogP contribution in [0.15, 0.2) is 11.9 Å². The lowest BCUT2D eigenvalue weighted by atomic mass is 10.2. The van der Waals surface area contributed by atoms with Crippen LogP contribution in [0.3, 0.4) is 0 Å². The molecular weight excluding hydrogens is 192 g/mol. The minimum atomic E-state index is -0.421. The summed E-state index contributed by atoms with van der Waals surface area (Å²) in [6, 6.07) is 0.200. The van der Waals surface area contributed by atoms with Crippen molar-refractivity contribution in [3.63, 3.8) is 0 Å². The lowest BCUT2D eigenvalue weighted by Crippen LogP contribution is -2.43. The lowest BCUT2D eigenvalue weighted by molar-refractivity contribution is 0.0259. The van der Waals surface area contributed by atoms with Gasteiger partial charge < -0.3 is 9.64 Å². The molecule has 2 aliphatic heterocycles. The number of hydrogen-bond donors (Lipinski definition) is 0. The maximum atomic E-state index is 11.8. The molecule has 0 saturated carbocycles. The maximum Gasteiger partial charge on any atom is 0.414 e. The second-order valence-corrected chi connectivity index (χ2v) is 5.24. The van der Waals surface area contributed by atoms with Crippen molar-refractivity contribution in [2.45, 2.75) is 39.3 Å². The highest BCUT2D eigenvalue weighted by molar-refractivity contribution is 5.70. The van der Waals surface area contributed by atoms with E-state index in [1.54, 1.807) is 4.90 Å². The van der Waals surface area contributed by atoms with Crippen LogP contribution < -0.4 is 0 Å². The molecule has 4 nitrogen and oxygen atoms in total. The molecule has 0 bridgehead atoms. The van der Waals surface area contributed by atoms with Gasteiger partial charge in [-0.25, -0.2) is 4.79 Å². The number of carbonyl (C=O) groups excluding carboxylic acids is 1. The molecule has 1 atom stereocenters. The highest BCUT2D eigenvalue weighted by atomic mass is 16.6. The second kappa shape index (κ2) is 3.15. The summed E-state index contributed by atoms with van der Waals surface area (Å²) in [4.78, 5) is 15.8. The van der Waals surface area contributed by atoms with Crippen molar-refractivity contribution >= 4 is 6.09 Å². The summed E-state index contributed by atoms with van der Waals surface area (Å²) < 4.78 is 5.34. The highest BCUT2D eigenvalue weighted by Gasteiger charge is 2.37. The van der Waals surface area contributed by atoms with Crippen LogP contribution in [0.4, 0.5) is 4.79 Å². The van der Waals surface area contributed by atoms with Crippen LogP contribution in [0.1, 0.15) is 27.7 Å². The molecule has 0 radical (unpaired) electrons. The summed E-state index contributed by atoms with van der Waals surface area (Å²) in [5.41, 5.74) is 0.815. The Labute approximate surface area is 90.5 Å². The molecule has 0 N–H and O–H groups in total. The Morgan fingerprint density at radius 3 is 2.80 bits per heavy atom. The Hall–Kier alpha value is -1.19. The van der Waals surface area contributed by atoms with Crippen molar-refractivity contribution in [3.8, 4) is 0 Å². The smallest absolute Gasteiger partial charge is 0.414 e. The molecule has 0 spiro atoms. The van der Waals surface area contributed by atoms with Crippen LogP contribution >= 0.6 is 0 Å². The van der Waals surface area contributed by atoms with Gasteiger partial charge in [0.25, 0.3) is 0 Å². The van der Waals surface area contributed by atoms with Gasteiger partial charge >= 0.3 is 6.09 Å². The quantitative estimate of drug-likeness (QED) is 0.571. The predicted molar refractivity (Wildman–Crippen MR) is 57.2 cm³/mol. The Morgan fingerprint density at radius 1 is 1.53 bits per heavy atom. The average molecular weight is 210 g/mol. The lowest BCUT2D eigenvalue weighted by Gasteiger charge is -2.31. The molecule has 15 heavy (non-hydrogen) atoms. The average Bonchev–Trinajstić information content (AvgIpc) is 2.76. The normalized spacial score (nSPS) is 24.5. The molecule has 0 aromatic rings. The zero-order valence-electron chi connectivity index (χ0n) is 9.78. The van der Waals surface area contributed by atoms with Crippen LogP contribution in [0.5, 0.6) is 0 Å². The van der Waals surface area contributed by atoms with Crippen LogP contribution in [0, 0.1) is 0 Å². The standard InChI is InChI=1S/C11H18N2O2/c1-8-5-12-6-9(12)7-13(8)10(14)15-11(2,3)4/h7-8H,5-6H2,1-4H3. The van der Waals surface area contributed by atoms with Gasteiger partial charge in [0.1, 0.15) is 5.60 Å². The van der Waals surface area contributed by atoms with Crippen molar-refractivity contribution in [3.05, 3.63) is 11.9 Å². The van der Waals surface area contributed by atoms with Crippen molar-refractivity contribution in [2.75, 3.05) is 13.1 Å². The van der Waals surface area contributed by atoms with E-state index in [0.29, 0.717) is 0 Å². The Kier molecular flexibility index (Phi) is 2.17. The summed E-state index contributed by atoms with van der Waals surface area (Å²) in [5, 5.41) is 0. The first kappa shape index (κ1) is 10.3. The molecule has 1 saturated heterocycles. The Balaban J connectivity index is 2.03. The highest BCUT2D eigenvalue weighted by Crippen LogP contribution is 2.29. The van der Waals surface area contributed by atoms with Crippen LogP contribution in [-0.2, 0) is 4.74 Å². The van der Waals surface area contributed by atoms with E-state index in [1.807, 2.05) is 33.9 Å². The molecule has 2 heterocycles. The van der Waals surface area contributed by atoms with Gasteiger partial charge in [-0.05, 0) is 27.7 Å². The summed E-state index contributed by atoms with van der Waals surface area (Å²) >= 11 is 0. The van der Waals surface area contributed by atoms with Crippen LogP contribution in [0.25, 0.3) is 0 Å². The third-order valence-electron chi connectivity index (χ3n) is 2.51. The number of hydrogen-bond acceptors (Lipinski definition) is 3. The molecule has 0 aliphatic carbocycles. The van der Waals surface area contributed by atoms with E-state index < -0.39 is 5.60 Å². The van der Waals surface area contributed by atoms with Gasteiger partial charge in [-0.1, -0.05) is 0 Å². The number of nitrogens with zero attached hydrogens (tertiary/aromatic N) is 2. The summed E-state index contributed by atoms with van der Waals surface area (Å²) in [5.74, 6) is 0. The molecule has 0 aromatic carbocycles. The van der Waals surface area contributed by atoms with Crippen molar-refractivity contribution in [1.29, 1.82) is 0 Å². The van der Waals surface area contributed by atoms with Gasteiger partial charge in [-0.15, -0.1) is 0 Å². The molecule has 2 rings (SSSR count). The van der Waals surface area contributed by atoms with Crippen molar-refractivity contribution < 1.29 is 9.53 Å². The number of fused-ring (bicyclic) bond motifs is 1. The van der Waals surface area contributed by atoms with E-state index in [9.17, 15) is 4.79 Å². The van der Waals surface area contributed by atoms with Gasteiger partial charge in [-0.2, -0.15) is 0 Å². The van der Waals surface area contributed by atoms with Gasteiger partial charge in [0.05, 0.1) is 18.3 Å². The van der Waals surface area contributed by atoms with E-state index in [0.717, 1.165) is 13.1 Å². The zero-order chi connectivity index (χ0) is 11.2. The number of ether oxygens (including phenoxy) is 1. The van der Waals surface area contributed by atoms with E-state index in [4.69, 9.17) is 4.74 Å². The first-order valence-electron chi connectivity index (χ1n) is 5.34. The molecule has 1 unspecified atom stereocenters. The van der Waals surface area contributed by atoms with E-state index in [-0.39, 0.29) is 12.1 Å². The molecule has 0 aromatic heterocycles. The van der Waals surface area contributed by atoms with E-state index >= 15 is 0 Å². The summed E-state index contributed by atoms with van der Waals surface area (Å²) in [6.45, 7) is 9.62. The minimum absolute atomic E-state index is 0.200. The van der Waals surface area contributed by atoms with Gasteiger partial charge in [0, 0.05) is 12.7 Å². The van der Waals surface area contributed by atoms with Crippen molar-refractivity contribution in [2.24, 2.45) is 0 Å². The molecule has 2 aliphatic rings. The number of carbonyl (C=O) groups is 1. The molecule has 84 valence electrons. The number of rotatable bonds is 0. The summed E-state index contributed by atoms with van der Waals surface area (Å²) in [7, 11) is 0.